The van der Waals surface area contributed by atoms with Crippen molar-refractivity contribution in [2.75, 3.05) is 11.5 Å². The fraction of sp³-hybridized carbons (Fsp3) is 0.500. The maximum absolute atomic E-state index is 13.6. The van der Waals surface area contributed by atoms with Crippen molar-refractivity contribution < 1.29 is 13.2 Å². The first kappa shape index (κ1) is 19.9. The van der Waals surface area contributed by atoms with Gasteiger partial charge in [0, 0.05) is 5.92 Å². The lowest BCUT2D eigenvalue weighted by atomic mass is 9.95. The molecular formula is C18H17F3N4S2. The Morgan fingerprint density at radius 1 is 1.15 bits per heavy atom. The van der Waals surface area contributed by atoms with Gasteiger partial charge in [-0.2, -0.15) is 23.7 Å². The van der Waals surface area contributed by atoms with Crippen molar-refractivity contribution in [1.29, 1.82) is 10.5 Å². The van der Waals surface area contributed by atoms with Crippen molar-refractivity contribution in [3.05, 3.63) is 35.4 Å². The molecule has 4 nitrogen and oxygen atoms in total. The fourth-order valence-electron chi connectivity index (χ4n) is 4.22. The van der Waals surface area contributed by atoms with Crippen LogP contribution in [0.5, 0.6) is 0 Å². The summed E-state index contributed by atoms with van der Waals surface area (Å²) in [5, 5.41) is 20.1. The second kappa shape index (κ2) is 6.35. The molecule has 1 aromatic rings. The minimum Gasteiger partial charge on any atom is -0.386 e. The van der Waals surface area contributed by atoms with Crippen molar-refractivity contribution in [3.8, 4) is 12.1 Å². The third kappa shape index (κ3) is 2.28. The molecule has 2 aliphatic rings. The van der Waals surface area contributed by atoms with Crippen LogP contribution in [0.25, 0.3) is 0 Å². The number of hydrogen-bond acceptors (Lipinski definition) is 6. The second-order valence-electron chi connectivity index (χ2n) is 6.30. The van der Waals surface area contributed by atoms with E-state index < -0.39 is 32.7 Å². The first-order valence-electron chi connectivity index (χ1n) is 8.34. The Morgan fingerprint density at radius 3 is 2.22 bits per heavy atom. The predicted octanol–water partition coefficient (Wildman–Crippen LogP) is 4.35. The van der Waals surface area contributed by atoms with Crippen molar-refractivity contribution in [3.63, 3.8) is 0 Å². The average Bonchev–Trinajstić information content (AvgIpc) is 3.20. The van der Waals surface area contributed by atoms with Gasteiger partial charge in [0.15, 0.2) is 4.20 Å². The number of rotatable bonds is 5. The summed E-state index contributed by atoms with van der Waals surface area (Å²) in [5.74, 6) is 0.147. The Hall–Kier alpha value is -1.84. The highest BCUT2D eigenvalue weighted by Crippen LogP contribution is 2.85. The Morgan fingerprint density at radius 2 is 1.74 bits per heavy atom. The zero-order valence-corrected chi connectivity index (χ0v) is 16.3. The molecule has 3 unspecified atom stereocenters. The van der Waals surface area contributed by atoms with Crippen LogP contribution in [0, 0.1) is 33.5 Å². The molecule has 3 atom stereocenters. The van der Waals surface area contributed by atoms with Gasteiger partial charge in [0.25, 0.3) is 0 Å². The smallest absolute Gasteiger partial charge is 0.386 e. The maximum Gasteiger partial charge on any atom is 0.416 e. The van der Waals surface area contributed by atoms with Gasteiger partial charge in [-0.05, 0) is 23.1 Å². The van der Waals surface area contributed by atoms with Crippen molar-refractivity contribution in [2.24, 2.45) is 21.6 Å². The lowest BCUT2D eigenvalue weighted by Gasteiger charge is -2.31. The van der Waals surface area contributed by atoms with Crippen LogP contribution in [-0.4, -0.2) is 21.5 Å². The van der Waals surface area contributed by atoms with Gasteiger partial charge in [-0.3, -0.25) is 0 Å². The summed E-state index contributed by atoms with van der Waals surface area (Å²) in [6, 6.07) is 9.39. The lowest BCUT2D eigenvalue weighted by molar-refractivity contribution is -0.138. The average molecular weight is 410 g/mol. The zero-order valence-electron chi connectivity index (χ0n) is 14.7. The van der Waals surface area contributed by atoms with E-state index in [-0.39, 0.29) is 11.4 Å². The number of nitriles is 2. The number of fused-ring (bicyclic) bond motifs is 1. The minimum atomic E-state index is -4.59. The Bertz CT molecular complexity index is 880. The first-order valence-corrected chi connectivity index (χ1v) is 10.3. The van der Waals surface area contributed by atoms with Gasteiger partial charge in [-0.25, -0.2) is 4.99 Å². The van der Waals surface area contributed by atoms with Crippen molar-refractivity contribution >= 4 is 29.4 Å². The number of alkyl halides is 3. The van der Waals surface area contributed by atoms with Gasteiger partial charge in [0.05, 0.1) is 17.7 Å². The van der Waals surface area contributed by atoms with E-state index >= 15 is 0 Å². The summed E-state index contributed by atoms with van der Waals surface area (Å²) in [5.41, 5.74) is 2.23. The van der Waals surface area contributed by atoms with E-state index in [2.05, 4.69) is 17.1 Å². The SMILES string of the molecule is CCSC1(SCC)N=C(N)C2(C#N)C(c3ccccc3C(F)(F)F)C12C#N. The topological polar surface area (TPSA) is 86.0 Å². The fourth-order valence-corrected chi connectivity index (χ4v) is 7.48. The van der Waals surface area contributed by atoms with Crippen molar-refractivity contribution in [1.82, 2.24) is 0 Å². The van der Waals surface area contributed by atoms with E-state index in [1.54, 1.807) is 0 Å². The highest BCUT2D eigenvalue weighted by atomic mass is 32.2. The van der Waals surface area contributed by atoms with Gasteiger partial charge in [0.1, 0.15) is 16.7 Å². The largest absolute Gasteiger partial charge is 0.416 e. The molecule has 0 radical (unpaired) electrons. The minimum absolute atomic E-state index is 0.0459. The molecule has 27 heavy (non-hydrogen) atoms. The number of nitrogens with zero attached hydrogens (tertiary/aromatic N) is 3. The van der Waals surface area contributed by atoms with Crippen LogP contribution < -0.4 is 5.73 Å². The molecule has 1 aliphatic carbocycles. The van der Waals surface area contributed by atoms with E-state index in [0.717, 1.165) is 6.07 Å². The molecule has 1 aromatic carbocycles. The van der Waals surface area contributed by atoms with E-state index in [1.807, 2.05) is 13.8 Å². The molecular weight excluding hydrogens is 393 g/mol. The van der Waals surface area contributed by atoms with Gasteiger partial charge in [-0.1, -0.05) is 32.0 Å². The quantitative estimate of drug-likeness (QED) is 0.729. The predicted molar refractivity (Wildman–Crippen MR) is 101 cm³/mol. The highest BCUT2D eigenvalue weighted by molar-refractivity contribution is 8.18. The Balaban J connectivity index is 2.29. The maximum atomic E-state index is 13.6. The summed E-state index contributed by atoms with van der Waals surface area (Å²) in [6.07, 6.45) is -4.59. The second-order valence-corrected chi connectivity index (χ2v) is 9.47. The van der Waals surface area contributed by atoms with Crippen LogP contribution in [0.1, 0.15) is 30.9 Å². The molecule has 1 aliphatic heterocycles. The monoisotopic (exact) mass is 410 g/mol. The molecule has 0 bridgehead atoms. The Kier molecular flexibility index (Phi) is 4.69. The molecule has 1 fully saturated rings. The molecule has 0 aromatic heterocycles. The molecule has 9 heteroatoms. The van der Waals surface area contributed by atoms with Crippen molar-refractivity contribution in [2.45, 2.75) is 30.1 Å². The number of thioether (sulfide) groups is 2. The van der Waals surface area contributed by atoms with Crippen LogP contribution in [0.4, 0.5) is 13.2 Å². The number of benzene rings is 1. The molecule has 1 heterocycles. The highest BCUT2D eigenvalue weighted by Gasteiger charge is 2.92. The number of halogens is 3. The summed E-state index contributed by atoms with van der Waals surface area (Å²) < 4.78 is 39.8. The number of amidine groups is 1. The van der Waals surface area contributed by atoms with Gasteiger partial charge >= 0.3 is 6.18 Å². The molecule has 3 rings (SSSR count). The third-order valence-electron chi connectivity index (χ3n) is 5.18. The van der Waals surface area contributed by atoms with Crippen LogP contribution in [0.2, 0.25) is 0 Å². The van der Waals surface area contributed by atoms with Gasteiger partial charge < -0.3 is 5.73 Å². The molecule has 0 spiro atoms. The van der Waals surface area contributed by atoms with Gasteiger partial charge in [-0.15, -0.1) is 23.5 Å². The van der Waals surface area contributed by atoms with E-state index in [1.165, 1.54) is 41.7 Å². The normalized spacial score (nSPS) is 30.8. The summed E-state index contributed by atoms with van der Waals surface area (Å²) in [7, 11) is 0. The zero-order chi connectivity index (χ0) is 20.1. The number of hydrogen-bond donors (Lipinski definition) is 1. The summed E-state index contributed by atoms with van der Waals surface area (Å²) >= 11 is 2.71. The molecule has 0 saturated heterocycles. The number of nitrogens with two attached hydrogens (primary N) is 1. The first-order chi connectivity index (χ1) is 12.7. The number of aliphatic imine (C=N–C) groups is 1. The van der Waals surface area contributed by atoms with Crippen LogP contribution >= 0.6 is 23.5 Å². The Labute approximate surface area is 164 Å². The van der Waals surface area contributed by atoms with Crippen LogP contribution in [-0.2, 0) is 6.18 Å². The third-order valence-corrected chi connectivity index (χ3v) is 8.08. The molecule has 0 amide bonds. The van der Waals surface area contributed by atoms with E-state index in [0.29, 0.717) is 11.5 Å². The molecule has 1 saturated carbocycles. The van der Waals surface area contributed by atoms with E-state index in [9.17, 15) is 23.7 Å². The van der Waals surface area contributed by atoms with Crippen LogP contribution in [0.15, 0.2) is 29.3 Å². The standard InChI is InChI=1S/C18H17F3N4S2/c1-3-26-18(27-4-2)16(10-23)13(15(16,9-22)14(24)25-18)11-7-5-6-8-12(11)17(19,20)21/h5-8,13H,3-4H2,1-2H3,(H2,24,25). The summed E-state index contributed by atoms with van der Waals surface area (Å²) in [4.78, 5) is 4.48. The lowest BCUT2D eigenvalue weighted by Crippen LogP contribution is -2.32. The van der Waals surface area contributed by atoms with Crippen LogP contribution in [0.3, 0.4) is 0 Å². The van der Waals surface area contributed by atoms with E-state index in [4.69, 9.17) is 5.73 Å². The van der Waals surface area contributed by atoms with Gasteiger partial charge in [0.2, 0.25) is 0 Å². The molecule has 2 N–H and O–H groups in total. The summed E-state index contributed by atoms with van der Waals surface area (Å²) in [6.45, 7) is 3.76. The molecule has 142 valence electrons.